The molecule has 24 heavy (non-hydrogen) atoms. The van der Waals surface area contributed by atoms with Gasteiger partial charge in [-0.2, -0.15) is 0 Å². The van der Waals surface area contributed by atoms with Gasteiger partial charge >= 0.3 is 0 Å². The molecule has 2 heterocycles. The van der Waals surface area contributed by atoms with Gasteiger partial charge in [-0.25, -0.2) is 4.98 Å². The van der Waals surface area contributed by atoms with Crippen molar-refractivity contribution in [3.63, 3.8) is 0 Å². The van der Waals surface area contributed by atoms with Crippen molar-refractivity contribution < 1.29 is 14.3 Å². The van der Waals surface area contributed by atoms with Crippen LogP contribution in [-0.2, 0) is 11.2 Å². The number of hydrogen-bond acceptors (Lipinski definition) is 5. The number of ether oxygens (including phenoxy) is 2. The third-order valence-corrected chi connectivity index (χ3v) is 5.15. The highest BCUT2D eigenvalue weighted by atomic mass is 32.1. The minimum atomic E-state index is 0.0190. The number of hydrogen-bond donors (Lipinski definition) is 0. The standard InChI is InChI=1S/C18H22N2O3S/c1-22-15-5-3-13(4-6-15)9-14-10-20(8-7-17(14)23-2)18(21)16-11-24-12-19-16/h3-6,11-12,14,17H,7-10H2,1-2H3/t14-,17-/m1/s1. The van der Waals surface area contributed by atoms with Gasteiger partial charge in [-0.05, 0) is 30.5 Å². The summed E-state index contributed by atoms with van der Waals surface area (Å²) in [5, 5.41) is 1.81. The molecule has 2 atom stereocenters. The van der Waals surface area contributed by atoms with Crippen molar-refractivity contribution in [1.82, 2.24) is 9.88 Å². The fourth-order valence-corrected chi connectivity index (χ4v) is 3.77. The van der Waals surface area contributed by atoms with E-state index in [2.05, 4.69) is 17.1 Å². The number of thiazole rings is 1. The Hall–Kier alpha value is -1.92. The largest absolute Gasteiger partial charge is 0.497 e. The van der Waals surface area contributed by atoms with Crippen LogP contribution >= 0.6 is 11.3 Å². The summed E-state index contributed by atoms with van der Waals surface area (Å²) in [6, 6.07) is 8.09. The zero-order chi connectivity index (χ0) is 16.9. The van der Waals surface area contributed by atoms with Crippen LogP contribution < -0.4 is 4.74 Å². The lowest BCUT2D eigenvalue weighted by Gasteiger charge is -2.37. The average molecular weight is 346 g/mol. The van der Waals surface area contributed by atoms with Crippen molar-refractivity contribution in [1.29, 1.82) is 0 Å². The number of likely N-dealkylation sites (tertiary alicyclic amines) is 1. The molecule has 0 radical (unpaired) electrons. The van der Waals surface area contributed by atoms with Crippen LogP contribution in [0.4, 0.5) is 0 Å². The quantitative estimate of drug-likeness (QED) is 0.835. The summed E-state index contributed by atoms with van der Waals surface area (Å²) in [4.78, 5) is 18.6. The number of methoxy groups -OCH3 is 2. The molecule has 1 saturated heterocycles. The van der Waals surface area contributed by atoms with Crippen LogP contribution in [0.2, 0.25) is 0 Å². The molecule has 0 spiro atoms. The van der Waals surface area contributed by atoms with Crippen LogP contribution in [0.1, 0.15) is 22.5 Å². The molecule has 0 saturated carbocycles. The lowest BCUT2D eigenvalue weighted by Crippen LogP contribution is -2.47. The van der Waals surface area contributed by atoms with Crippen LogP contribution in [0.15, 0.2) is 35.2 Å². The molecule has 3 rings (SSSR count). The fourth-order valence-electron chi connectivity index (χ4n) is 3.25. The van der Waals surface area contributed by atoms with E-state index in [1.165, 1.54) is 16.9 Å². The zero-order valence-corrected chi connectivity index (χ0v) is 14.8. The molecule has 1 fully saturated rings. The second-order valence-corrected chi connectivity index (χ2v) is 6.72. The van der Waals surface area contributed by atoms with Crippen molar-refractivity contribution in [2.24, 2.45) is 5.92 Å². The van der Waals surface area contributed by atoms with Crippen molar-refractivity contribution in [2.45, 2.75) is 18.9 Å². The number of amides is 1. The molecule has 0 unspecified atom stereocenters. The molecule has 1 amide bonds. The van der Waals surface area contributed by atoms with Crippen molar-refractivity contribution in [3.05, 3.63) is 46.4 Å². The highest BCUT2D eigenvalue weighted by molar-refractivity contribution is 7.07. The van der Waals surface area contributed by atoms with Crippen LogP contribution in [0.25, 0.3) is 0 Å². The van der Waals surface area contributed by atoms with Gasteiger partial charge in [-0.1, -0.05) is 12.1 Å². The molecule has 5 nitrogen and oxygen atoms in total. The van der Waals surface area contributed by atoms with Gasteiger partial charge in [0.25, 0.3) is 5.91 Å². The molecule has 6 heteroatoms. The van der Waals surface area contributed by atoms with Gasteiger partial charge in [0.15, 0.2) is 0 Å². The lowest BCUT2D eigenvalue weighted by atomic mass is 9.88. The van der Waals surface area contributed by atoms with Gasteiger partial charge in [0.05, 0.1) is 18.7 Å². The van der Waals surface area contributed by atoms with E-state index in [0.29, 0.717) is 18.8 Å². The average Bonchev–Trinajstić information content (AvgIpc) is 3.16. The van der Waals surface area contributed by atoms with Crippen LogP contribution in [0.3, 0.4) is 0 Å². The maximum Gasteiger partial charge on any atom is 0.273 e. The second-order valence-electron chi connectivity index (χ2n) is 6.00. The Labute approximate surface area is 146 Å². The van der Waals surface area contributed by atoms with E-state index in [9.17, 15) is 4.79 Å². The number of carbonyl (C=O) groups excluding carboxylic acids is 1. The normalized spacial score (nSPS) is 20.8. The predicted octanol–water partition coefficient (Wildman–Crippen LogP) is 2.87. The first-order valence-electron chi connectivity index (χ1n) is 8.04. The first kappa shape index (κ1) is 16.9. The Morgan fingerprint density at radius 1 is 1.33 bits per heavy atom. The summed E-state index contributed by atoms with van der Waals surface area (Å²) in [5.74, 6) is 1.15. The predicted molar refractivity (Wildman–Crippen MR) is 93.6 cm³/mol. The first-order chi connectivity index (χ1) is 11.7. The summed E-state index contributed by atoms with van der Waals surface area (Å²) < 4.78 is 10.9. The number of piperidine rings is 1. The number of aromatic nitrogens is 1. The third-order valence-electron chi connectivity index (χ3n) is 4.56. The molecule has 0 aliphatic carbocycles. The van der Waals surface area contributed by atoms with Crippen LogP contribution in [0, 0.1) is 5.92 Å². The van der Waals surface area contributed by atoms with Gasteiger partial charge in [-0.15, -0.1) is 11.3 Å². The van der Waals surface area contributed by atoms with E-state index in [4.69, 9.17) is 9.47 Å². The van der Waals surface area contributed by atoms with Gasteiger partial charge in [0, 0.05) is 31.5 Å². The van der Waals surface area contributed by atoms with Crippen molar-refractivity contribution in [3.8, 4) is 5.75 Å². The molecule has 128 valence electrons. The van der Waals surface area contributed by atoms with Gasteiger partial charge in [0.2, 0.25) is 0 Å². The van der Waals surface area contributed by atoms with Gasteiger partial charge < -0.3 is 14.4 Å². The fraction of sp³-hybridized carbons (Fsp3) is 0.444. The Balaban J connectivity index is 1.69. The number of nitrogens with zero attached hydrogens (tertiary/aromatic N) is 2. The van der Waals surface area contributed by atoms with E-state index in [1.54, 1.807) is 19.7 Å². The second kappa shape index (κ2) is 7.77. The summed E-state index contributed by atoms with van der Waals surface area (Å²) in [6.45, 7) is 1.41. The van der Waals surface area contributed by atoms with Gasteiger partial charge in [0.1, 0.15) is 11.4 Å². The number of rotatable bonds is 5. The molecule has 0 N–H and O–H groups in total. The molecular formula is C18H22N2O3S. The number of carbonyl (C=O) groups is 1. The molecule has 1 aliphatic heterocycles. The summed E-state index contributed by atoms with van der Waals surface area (Å²) >= 11 is 1.45. The Kier molecular flexibility index (Phi) is 5.48. The zero-order valence-electron chi connectivity index (χ0n) is 14.0. The molecule has 0 bridgehead atoms. The molecule has 2 aromatic rings. The van der Waals surface area contributed by atoms with Gasteiger partial charge in [-0.3, -0.25) is 4.79 Å². The summed E-state index contributed by atoms with van der Waals surface area (Å²) in [5.41, 5.74) is 3.47. The van der Waals surface area contributed by atoms with Crippen LogP contribution in [0.5, 0.6) is 5.75 Å². The third kappa shape index (κ3) is 3.76. The maximum absolute atomic E-state index is 12.6. The van der Waals surface area contributed by atoms with E-state index in [0.717, 1.165) is 18.6 Å². The molecule has 1 aromatic carbocycles. The van der Waals surface area contributed by atoms with E-state index in [1.807, 2.05) is 22.4 Å². The van der Waals surface area contributed by atoms with E-state index >= 15 is 0 Å². The Bertz CT molecular complexity index is 657. The highest BCUT2D eigenvalue weighted by Crippen LogP contribution is 2.25. The minimum Gasteiger partial charge on any atom is -0.497 e. The highest BCUT2D eigenvalue weighted by Gasteiger charge is 2.32. The smallest absolute Gasteiger partial charge is 0.273 e. The SMILES string of the molecule is COc1ccc(C[C@@H]2CN(C(=O)c3cscn3)CC[C@H]2OC)cc1. The summed E-state index contributed by atoms with van der Waals surface area (Å²) in [6.07, 6.45) is 1.91. The summed E-state index contributed by atoms with van der Waals surface area (Å²) in [7, 11) is 3.42. The molecular weight excluding hydrogens is 324 g/mol. The van der Waals surface area contributed by atoms with Crippen LogP contribution in [-0.4, -0.2) is 49.2 Å². The first-order valence-corrected chi connectivity index (χ1v) is 8.98. The maximum atomic E-state index is 12.6. The number of benzene rings is 1. The molecule has 1 aliphatic rings. The van der Waals surface area contributed by atoms with Crippen molar-refractivity contribution >= 4 is 17.2 Å². The van der Waals surface area contributed by atoms with E-state index < -0.39 is 0 Å². The topological polar surface area (TPSA) is 51.7 Å². The molecule has 1 aromatic heterocycles. The lowest BCUT2D eigenvalue weighted by molar-refractivity contribution is -0.00314. The Morgan fingerprint density at radius 2 is 2.12 bits per heavy atom. The Morgan fingerprint density at radius 3 is 2.75 bits per heavy atom. The monoisotopic (exact) mass is 346 g/mol. The van der Waals surface area contributed by atoms with Crippen molar-refractivity contribution in [2.75, 3.05) is 27.3 Å². The minimum absolute atomic E-state index is 0.0190. The van der Waals surface area contributed by atoms with E-state index in [-0.39, 0.29) is 17.9 Å².